The van der Waals surface area contributed by atoms with Crippen LogP contribution >= 0.6 is 11.3 Å². The fraction of sp³-hybridized carbons (Fsp3) is 0.375. The summed E-state index contributed by atoms with van der Waals surface area (Å²) in [6.45, 7) is 1.88. The Hall–Kier alpha value is -1.08. The van der Waals surface area contributed by atoms with Crippen molar-refractivity contribution < 1.29 is 18.3 Å². The number of sulfonamides is 1. The minimum atomic E-state index is -3.43. The fourth-order valence-corrected chi connectivity index (χ4v) is 2.93. The summed E-state index contributed by atoms with van der Waals surface area (Å²) >= 11 is 1.14. The number of nitrogens with one attached hydrogen (secondary N) is 1. The van der Waals surface area contributed by atoms with Gasteiger partial charge in [-0.3, -0.25) is 4.72 Å². The highest BCUT2D eigenvalue weighted by Crippen LogP contribution is 2.29. The molecule has 0 saturated carbocycles. The van der Waals surface area contributed by atoms with Crippen molar-refractivity contribution in [1.82, 2.24) is 0 Å². The summed E-state index contributed by atoms with van der Waals surface area (Å²) in [7, 11) is -3.43. The van der Waals surface area contributed by atoms with Crippen LogP contribution in [0, 0.1) is 0 Å². The van der Waals surface area contributed by atoms with E-state index in [4.69, 9.17) is 5.11 Å². The Kier molecular flexibility index (Phi) is 3.35. The average Bonchev–Trinajstić information content (AvgIpc) is 2.44. The molecule has 0 bridgehead atoms. The summed E-state index contributed by atoms with van der Waals surface area (Å²) in [6.07, 6.45) is 1.67. The largest absolute Gasteiger partial charge is 0.478 e. The minimum Gasteiger partial charge on any atom is -0.478 e. The zero-order valence-corrected chi connectivity index (χ0v) is 9.91. The molecule has 0 atom stereocenters. The Morgan fingerprint density at radius 2 is 2.20 bits per heavy atom. The van der Waals surface area contributed by atoms with Crippen LogP contribution in [0.3, 0.4) is 0 Å². The van der Waals surface area contributed by atoms with Crippen LogP contribution in [0.25, 0.3) is 0 Å². The number of carboxylic acid groups (broad SMARTS) is 1. The van der Waals surface area contributed by atoms with E-state index in [9.17, 15) is 13.2 Å². The lowest BCUT2D eigenvalue weighted by molar-refractivity contribution is 0.0698. The first-order valence-corrected chi connectivity index (χ1v) is 6.88. The van der Waals surface area contributed by atoms with Crippen LogP contribution in [0.5, 0.6) is 0 Å². The van der Waals surface area contributed by atoms with Gasteiger partial charge < -0.3 is 5.11 Å². The van der Waals surface area contributed by atoms with Gasteiger partial charge in [0.05, 0.1) is 11.8 Å². The Morgan fingerprint density at radius 1 is 1.60 bits per heavy atom. The Bertz CT molecular complexity index is 475. The molecule has 0 aromatic carbocycles. The maximum Gasteiger partial charge on any atom is 0.338 e. The number of rotatable bonds is 4. The number of carbonyl (C=O) groups is 1. The zero-order valence-electron chi connectivity index (χ0n) is 8.27. The standard InChI is InChI=1S/C8H11NO4S2/c1-3-5-4-6(8(10)11)7(14-5)9-15(2,12)13/h4,9H,3H2,1-2H3,(H,10,11). The molecule has 1 rings (SSSR count). The molecule has 0 spiro atoms. The predicted molar refractivity (Wildman–Crippen MR) is 59.1 cm³/mol. The topological polar surface area (TPSA) is 83.5 Å². The molecule has 1 heterocycles. The quantitative estimate of drug-likeness (QED) is 0.844. The first-order chi connectivity index (χ1) is 6.83. The van der Waals surface area contributed by atoms with Crippen molar-refractivity contribution in [3.05, 3.63) is 16.5 Å². The smallest absolute Gasteiger partial charge is 0.338 e. The van der Waals surface area contributed by atoms with E-state index >= 15 is 0 Å². The second-order valence-corrected chi connectivity index (χ2v) is 5.87. The van der Waals surface area contributed by atoms with Gasteiger partial charge in [0.1, 0.15) is 5.00 Å². The van der Waals surface area contributed by atoms with Gasteiger partial charge in [0, 0.05) is 4.88 Å². The van der Waals surface area contributed by atoms with Crippen molar-refractivity contribution in [2.24, 2.45) is 0 Å². The number of carboxylic acids is 1. The van der Waals surface area contributed by atoms with Gasteiger partial charge >= 0.3 is 5.97 Å². The van der Waals surface area contributed by atoms with E-state index in [-0.39, 0.29) is 10.6 Å². The molecular weight excluding hydrogens is 238 g/mol. The van der Waals surface area contributed by atoms with E-state index in [1.54, 1.807) is 0 Å². The lowest BCUT2D eigenvalue weighted by Crippen LogP contribution is -2.11. The highest BCUT2D eigenvalue weighted by Gasteiger charge is 2.16. The van der Waals surface area contributed by atoms with Crippen molar-refractivity contribution in [3.63, 3.8) is 0 Å². The Labute approximate surface area is 91.8 Å². The van der Waals surface area contributed by atoms with Crippen LogP contribution in [0.15, 0.2) is 6.07 Å². The molecule has 0 aliphatic carbocycles. The molecule has 0 fully saturated rings. The zero-order chi connectivity index (χ0) is 11.6. The second-order valence-electron chi connectivity index (χ2n) is 2.99. The van der Waals surface area contributed by atoms with E-state index in [1.807, 2.05) is 6.92 Å². The van der Waals surface area contributed by atoms with Gasteiger partial charge in [-0.25, -0.2) is 13.2 Å². The molecule has 84 valence electrons. The molecule has 1 aromatic heterocycles. The summed E-state index contributed by atoms with van der Waals surface area (Å²) in [5.74, 6) is -1.13. The van der Waals surface area contributed by atoms with E-state index in [0.717, 1.165) is 22.5 Å². The lowest BCUT2D eigenvalue weighted by Gasteiger charge is -2.00. The van der Waals surface area contributed by atoms with Gasteiger partial charge in [0.25, 0.3) is 0 Å². The van der Waals surface area contributed by atoms with Crippen LogP contribution in [-0.2, 0) is 16.4 Å². The summed E-state index contributed by atoms with van der Waals surface area (Å²) in [6, 6.07) is 1.49. The summed E-state index contributed by atoms with van der Waals surface area (Å²) in [5.41, 5.74) is 0.00211. The third-order valence-electron chi connectivity index (χ3n) is 1.64. The monoisotopic (exact) mass is 249 g/mol. The SMILES string of the molecule is CCc1cc(C(=O)O)c(NS(C)(=O)=O)s1. The van der Waals surface area contributed by atoms with Gasteiger partial charge in [-0.05, 0) is 12.5 Å². The molecule has 7 heteroatoms. The molecule has 0 saturated heterocycles. The van der Waals surface area contributed by atoms with Gasteiger partial charge in [0.2, 0.25) is 10.0 Å². The van der Waals surface area contributed by atoms with Crippen LogP contribution in [0.4, 0.5) is 5.00 Å². The van der Waals surface area contributed by atoms with Crippen molar-refractivity contribution in [2.45, 2.75) is 13.3 Å². The number of thiophene rings is 1. The second kappa shape index (κ2) is 4.19. The Balaban J connectivity index is 3.15. The average molecular weight is 249 g/mol. The molecule has 2 N–H and O–H groups in total. The predicted octanol–water partition coefficient (Wildman–Crippen LogP) is 1.38. The Morgan fingerprint density at radius 3 is 2.60 bits per heavy atom. The van der Waals surface area contributed by atoms with Crippen molar-refractivity contribution in [3.8, 4) is 0 Å². The number of hydrogen-bond acceptors (Lipinski definition) is 4. The first kappa shape index (κ1) is 12.0. The van der Waals surface area contributed by atoms with E-state index in [0.29, 0.717) is 6.42 Å². The molecule has 15 heavy (non-hydrogen) atoms. The summed E-state index contributed by atoms with van der Waals surface area (Å²) in [4.78, 5) is 11.6. The molecule has 0 radical (unpaired) electrons. The fourth-order valence-electron chi connectivity index (χ4n) is 1.02. The van der Waals surface area contributed by atoms with Gasteiger partial charge in [-0.15, -0.1) is 11.3 Å². The highest BCUT2D eigenvalue weighted by atomic mass is 32.2. The van der Waals surface area contributed by atoms with Gasteiger partial charge in [-0.2, -0.15) is 0 Å². The highest BCUT2D eigenvalue weighted by molar-refractivity contribution is 7.92. The minimum absolute atomic E-state index is 0.00211. The third-order valence-corrected chi connectivity index (χ3v) is 3.54. The van der Waals surface area contributed by atoms with Crippen molar-refractivity contribution in [2.75, 3.05) is 11.0 Å². The van der Waals surface area contributed by atoms with Crippen LogP contribution in [0.2, 0.25) is 0 Å². The molecule has 5 nitrogen and oxygen atoms in total. The van der Waals surface area contributed by atoms with Crippen LogP contribution in [-0.4, -0.2) is 25.7 Å². The van der Waals surface area contributed by atoms with Crippen LogP contribution < -0.4 is 4.72 Å². The molecule has 0 aliphatic rings. The van der Waals surface area contributed by atoms with E-state index < -0.39 is 16.0 Å². The molecular formula is C8H11NO4S2. The van der Waals surface area contributed by atoms with Crippen molar-refractivity contribution >= 4 is 32.3 Å². The molecule has 0 unspecified atom stereocenters. The number of aromatic carboxylic acids is 1. The molecule has 1 aromatic rings. The first-order valence-electron chi connectivity index (χ1n) is 4.17. The van der Waals surface area contributed by atoms with Crippen molar-refractivity contribution in [1.29, 1.82) is 0 Å². The molecule has 0 amide bonds. The van der Waals surface area contributed by atoms with Gasteiger partial charge in [-0.1, -0.05) is 6.92 Å². The maximum absolute atomic E-state index is 11.0. The number of anilines is 1. The van der Waals surface area contributed by atoms with E-state index in [1.165, 1.54) is 6.07 Å². The maximum atomic E-state index is 11.0. The summed E-state index contributed by atoms with van der Waals surface area (Å²) in [5, 5.41) is 9.01. The lowest BCUT2D eigenvalue weighted by atomic mass is 10.3. The molecule has 0 aliphatic heterocycles. The third kappa shape index (κ3) is 3.21. The van der Waals surface area contributed by atoms with Gasteiger partial charge in [0.15, 0.2) is 0 Å². The van der Waals surface area contributed by atoms with Crippen LogP contribution in [0.1, 0.15) is 22.2 Å². The normalized spacial score (nSPS) is 11.3. The number of aryl methyl sites for hydroxylation is 1. The number of hydrogen-bond donors (Lipinski definition) is 2. The summed E-state index contributed by atoms with van der Waals surface area (Å²) < 4.78 is 24.1. The van der Waals surface area contributed by atoms with E-state index in [2.05, 4.69) is 4.72 Å².